The zero-order valence-corrected chi connectivity index (χ0v) is 10.6. The van der Waals surface area contributed by atoms with Crippen molar-refractivity contribution in [3.8, 4) is 0 Å². The Morgan fingerprint density at radius 3 is 2.71 bits per heavy atom. The number of quaternary nitrogens is 1. The Morgan fingerprint density at radius 1 is 1.29 bits per heavy atom. The minimum Gasteiger partial charge on any atom is -0.481 e. The van der Waals surface area contributed by atoms with Crippen molar-refractivity contribution in [3.63, 3.8) is 0 Å². The summed E-state index contributed by atoms with van der Waals surface area (Å²) in [6.07, 6.45) is 2.44. The molecule has 3 rings (SSSR count). The van der Waals surface area contributed by atoms with Crippen LogP contribution in [0.5, 0.6) is 0 Å². The minimum atomic E-state index is -1.49. The van der Waals surface area contributed by atoms with Gasteiger partial charge >= 0.3 is 6.89 Å². The first-order valence-corrected chi connectivity index (χ1v) is 6.83. The normalized spacial score (nSPS) is 43.9. The van der Waals surface area contributed by atoms with Crippen LogP contribution in [0, 0.1) is 0 Å². The smallest absolute Gasteiger partial charge is 0.481 e. The molecule has 3 aliphatic heterocycles. The van der Waals surface area contributed by atoms with Gasteiger partial charge in [0.1, 0.15) is 0 Å². The lowest BCUT2D eigenvalue weighted by molar-refractivity contribution is -0.816. The summed E-state index contributed by atoms with van der Waals surface area (Å²) in [5, 5.41) is 0. The first-order chi connectivity index (χ1) is 8.30. The Morgan fingerprint density at radius 2 is 2.06 bits per heavy atom. The summed E-state index contributed by atoms with van der Waals surface area (Å²) < 4.78 is 24.1. The van der Waals surface area contributed by atoms with Crippen LogP contribution >= 0.6 is 0 Å². The topological polar surface area (TPSA) is 36.9 Å². The number of ether oxygens (including phenoxy) is 1. The Labute approximate surface area is 103 Å². The lowest BCUT2D eigenvalue weighted by atomic mass is 9.94. The van der Waals surface area contributed by atoms with E-state index in [1.807, 2.05) is 0 Å². The molecule has 0 N–H and O–H groups in total. The zero-order valence-electron chi connectivity index (χ0n) is 10.6. The molecule has 17 heavy (non-hydrogen) atoms. The van der Waals surface area contributed by atoms with Gasteiger partial charge in [-0.25, -0.2) is 0 Å². The molecule has 0 unspecified atom stereocenters. The molecule has 3 aliphatic rings. The largest absolute Gasteiger partial charge is 0.625 e. The van der Waals surface area contributed by atoms with E-state index in [1.165, 1.54) is 6.42 Å². The van der Waals surface area contributed by atoms with Gasteiger partial charge in [0.2, 0.25) is 0 Å². The molecular formula is C11H22BNO4. The van der Waals surface area contributed by atoms with Crippen molar-refractivity contribution in [2.24, 2.45) is 0 Å². The maximum atomic E-state index is 6.03. The zero-order chi connectivity index (χ0) is 11.8. The molecule has 0 aliphatic carbocycles. The molecule has 0 aromatic rings. The van der Waals surface area contributed by atoms with Gasteiger partial charge in [0.05, 0.1) is 45.6 Å². The van der Waals surface area contributed by atoms with Gasteiger partial charge < -0.3 is 23.1 Å². The highest BCUT2D eigenvalue weighted by Gasteiger charge is 2.66. The summed E-state index contributed by atoms with van der Waals surface area (Å²) in [5.41, 5.74) is 0. The Balaban J connectivity index is 1.55. The summed E-state index contributed by atoms with van der Waals surface area (Å²) in [6.45, 7) is 6.78. The number of hydrogen-bond donors (Lipinski definition) is 0. The van der Waals surface area contributed by atoms with Crippen molar-refractivity contribution in [2.75, 3.05) is 46.1 Å². The van der Waals surface area contributed by atoms with Crippen LogP contribution in [0.25, 0.3) is 0 Å². The molecule has 98 valence electrons. The van der Waals surface area contributed by atoms with Crippen LogP contribution in [0.2, 0.25) is 0 Å². The number of hydrogen-bond acceptors (Lipinski definition) is 4. The first-order valence-electron chi connectivity index (χ1n) is 6.83. The molecule has 0 aromatic heterocycles. The average molecular weight is 243 g/mol. The lowest BCUT2D eigenvalue weighted by Gasteiger charge is -2.37. The first kappa shape index (κ1) is 11.9. The van der Waals surface area contributed by atoms with Gasteiger partial charge in [-0.2, -0.15) is 0 Å². The second-order valence-electron chi connectivity index (χ2n) is 5.38. The molecule has 3 heterocycles. The predicted molar refractivity (Wildman–Crippen MR) is 63.1 cm³/mol. The van der Waals surface area contributed by atoms with Gasteiger partial charge in [0, 0.05) is 6.61 Å². The quantitative estimate of drug-likeness (QED) is 0.521. The summed E-state index contributed by atoms with van der Waals surface area (Å²) in [4.78, 5) is 0. The van der Waals surface area contributed by atoms with Gasteiger partial charge in [0.15, 0.2) is 0 Å². The van der Waals surface area contributed by atoms with Crippen LogP contribution in [0.1, 0.15) is 19.8 Å². The second-order valence-corrected chi connectivity index (χ2v) is 5.38. The lowest BCUT2D eigenvalue weighted by Crippen LogP contribution is -2.59. The van der Waals surface area contributed by atoms with Crippen LogP contribution in [-0.4, -0.2) is 63.4 Å². The maximum absolute atomic E-state index is 6.03. The fourth-order valence-electron chi connectivity index (χ4n) is 3.32. The third-order valence-electron chi connectivity index (χ3n) is 4.28. The van der Waals surface area contributed by atoms with E-state index < -0.39 is 6.89 Å². The Hall–Kier alpha value is -0.135. The van der Waals surface area contributed by atoms with E-state index in [2.05, 4.69) is 6.92 Å². The van der Waals surface area contributed by atoms with Crippen molar-refractivity contribution in [1.82, 2.24) is 0 Å². The molecule has 5 nitrogen and oxygen atoms in total. The van der Waals surface area contributed by atoms with Crippen LogP contribution in [-0.2, 0) is 18.7 Å². The van der Waals surface area contributed by atoms with Crippen molar-refractivity contribution in [2.45, 2.75) is 25.9 Å². The molecule has 0 aromatic carbocycles. The van der Waals surface area contributed by atoms with E-state index >= 15 is 0 Å². The molecule has 0 spiro atoms. The van der Waals surface area contributed by atoms with E-state index in [0.29, 0.717) is 6.61 Å². The van der Waals surface area contributed by atoms with Crippen molar-refractivity contribution < 1.29 is 23.1 Å². The third-order valence-corrected chi connectivity index (χ3v) is 4.28. The summed E-state index contributed by atoms with van der Waals surface area (Å²) >= 11 is 0. The van der Waals surface area contributed by atoms with Crippen LogP contribution in [0.15, 0.2) is 0 Å². The number of rotatable bonds is 5. The van der Waals surface area contributed by atoms with Crippen LogP contribution in [0.3, 0.4) is 0 Å². The molecule has 0 radical (unpaired) electrons. The van der Waals surface area contributed by atoms with Crippen LogP contribution in [0.4, 0.5) is 0 Å². The Bertz CT molecular complexity index is 259. The number of unbranched alkanes of at least 4 members (excludes halogenated alkanes) is 1. The minimum absolute atomic E-state index is 0.146. The summed E-state index contributed by atoms with van der Waals surface area (Å²) in [5.74, 6) is 0. The molecule has 0 saturated carbocycles. The van der Waals surface area contributed by atoms with Gasteiger partial charge in [-0.3, -0.25) is 0 Å². The van der Waals surface area contributed by atoms with E-state index in [0.717, 1.165) is 50.3 Å². The van der Waals surface area contributed by atoms with E-state index in [1.54, 1.807) is 0 Å². The van der Waals surface area contributed by atoms with E-state index in [-0.39, 0.29) is 6.10 Å². The molecule has 0 bridgehead atoms. The van der Waals surface area contributed by atoms with Crippen molar-refractivity contribution >= 4 is 6.89 Å². The van der Waals surface area contributed by atoms with Gasteiger partial charge in [-0.15, -0.1) is 0 Å². The maximum Gasteiger partial charge on any atom is 0.625 e. The average Bonchev–Trinajstić information content (AvgIpc) is 2.84. The highest BCUT2D eigenvalue weighted by atomic mass is 16.8. The molecule has 1 atom stereocenters. The van der Waals surface area contributed by atoms with Gasteiger partial charge in [-0.05, 0) is 6.42 Å². The van der Waals surface area contributed by atoms with Gasteiger partial charge in [-0.1, -0.05) is 13.3 Å². The fraction of sp³-hybridized carbons (Fsp3) is 1.00. The van der Waals surface area contributed by atoms with E-state index in [4.69, 9.17) is 18.7 Å². The standard InChI is InChI=1S/C11H22BNO4/c1-2-3-6-14-10-11-9-13-4-7-15-12(13,17-11)16-8-5-13/h11H,2-10H2,1H3/t11-,12?,13?/m1/s1. The molecule has 3 saturated heterocycles. The van der Waals surface area contributed by atoms with Gasteiger partial charge in [0.25, 0.3) is 0 Å². The summed E-state index contributed by atoms with van der Waals surface area (Å²) in [6, 6.07) is 0. The van der Waals surface area contributed by atoms with Crippen LogP contribution < -0.4 is 0 Å². The SMILES string of the molecule is CCCCOC[C@H]1C[N+]23CCO[B-]2(OCC3)O1. The summed E-state index contributed by atoms with van der Waals surface area (Å²) in [7, 11) is 0. The van der Waals surface area contributed by atoms with E-state index in [9.17, 15) is 0 Å². The highest BCUT2D eigenvalue weighted by Crippen LogP contribution is 2.41. The molecule has 0 amide bonds. The fourth-order valence-corrected chi connectivity index (χ4v) is 3.32. The molecule has 3 fully saturated rings. The highest BCUT2D eigenvalue weighted by molar-refractivity contribution is 6.54. The third kappa shape index (κ3) is 1.83. The molecular weight excluding hydrogens is 221 g/mol. The second kappa shape index (κ2) is 4.51. The predicted octanol–water partition coefficient (Wildman–Crippen LogP) is 0.515. The number of nitrogens with zero attached hydrogens (tertiary/aromatic N) is 1. The Kier molecular flexibility index (Phi) is 3.17. The van der Waals surface area contributed by atoms with Crippen molar-refractivity contribution in [3.05, 3.63) is 0 Å². The van der Waals surface area contributed by atoms with Crippen molar-refractivity contribution in [1.29, 1.82) is 0 Å². The monoisotopic (exact) mass is 243 g/mol. The molecule has 6 heteroatoms.